The zero-order valence-corrected chi connectivity index (χ0v) is 13.7. The molecule has 1 fully saturated rings. The normalized spacial score (nSPS) is 23.9. The SMILES string of the molecule is Nc1ccn(C[C@H]2COP(=O)(O)CO2)c(=O)n1.O=C(O)P(=O)(O)O. The molecular weight excluding hydrogens is 372 g/mol. The Kier molecular flexibility index (Phi) is 6.81. The Hall–Kier alpha value is -1.59. The third-order valence-electron chi connectivity index (χ3n) is 2.48. The van der Waals surface area contributed by atoms with E-state index < -0.39 is 32.7 Å². The molecular formula is C9H15N3O10P2. The number of anilines is 1. The molecule has 1 aliphatic heterocycles. The highest BCUT2D eigenvalue weighted by Crippen LogP contribution is 2.44. The minimum absolute atomic E-state index is 0.0371. The zero-order chi connectivity index (χ0) is 18.5. The van der Waals surface area contributed by atoms with Crippen LogP contribution in [-0.2, 0) is 24.9 Å². The molecule has 1 aliphatic rings. The van der Waals surface area contributed by atoms with Gasteiger partial charge in [-0.25, -0.2) is 14.2 Å². The van der Waals surface area contributed by atoms with Crippen LogP contribution in [0, 0.1) is 0 Å². The summed E-state index contributed by atoms with van der Waals surface area (Å²) in [6.45, 7) is 0.163. The first-order chi connectivity index (χ1) is 10.9. The van der Waals surface area contributed by atoms with Crippen molar-refractivity contribution < 1.29 is 43.0 Å². The molecule has 1 aromatic rings. The number of hydrogen-bond acceptors (Lipinski definition) is 8. The van der Waals surface area contributed by atoms with E-state index in [0.717, 1.165) is 0 Å². The van der Waals surface area contributed by atoms with Gasteiger partial charge in [0.25, 0.3) is 0 Å². The molecule has 1 saturated heterocycles. The summed E-state index contributed by atoms with van der Waals surface area (Å²) in [6.07, 6.45) is 0.669. The van der Waals surface area contributed by atoms with Crippen LogP contribution in [0.5, 0.6) is 0 Å². The number of ether oxygens (including phenoxy) is 1. The number of carboxylic acid groups (broad SMARTS) is 1. The Morgan fingerprint density at radius 2 is 2.12 bits per heavy atom. The standard InChI is InChI=1S/C8H12N3O5P.CH3O5P/c9-7-1-2-11(8(12)10-7)3-6-4-16-17(13,14)5-15-6;2-1(3)7(4,5)6/h1-2,6H,3-5H2,(H,13,14)(H2,9,10,12);(H,2,3)(H2,4,5,6)/t6-;/m0./s1. The number of nitrogen functional groups attached to an aromatic ring is 1. The monoisotopic (exact) mass is 387 g/mol. The predicted octanol–water partition coefficient (Wildman–Crippen LogP) is -0.774. The molecule has 24 heavy (non-hydrogen) atoms. The molecule has 136 valence electrons. The van der Waals surface area contributed by atoms with Gasteiger partial charge in [0.05, 0.1) is 13.2 Å². The Morgan fingerprint density at radius 3 is 2.54 bits per heavy atom. The molecule has 0 amide bonds. The quantitative estimate of drug-likeness (QED) is 0.404. The number of carbonyl (C=O) groups is 1. The second-order valence-corrected chi connectivity index (χ2v) is 7.73. The Balaban J connectivity index is 0.000000351. The highest BCUT2D eigenvalue weighted by atomic mass is 31.2. The van der Waals surface area contributed by atoms with E-state index >= 15 is 0 Å². The molecule has 2 heterocycles. The van der Waals surface area contributed by atoms with Gasteiger partial charge in [0.15, 0.2) is 0 Å². The summed E-state index contributed by atoms with van der Waals surface area (Å²) < 4.78 is 31.6. The molecule has 0 saturated carbocycles. The predicted molar refractivity (Wildman–Crippen MR) is 78.5 cm³/mol. The van der Waals surface area contributed by atoms with E-state index in [2.05, 4.69) is 4.98 Å². The molecule has 0 aliphatic carbocycles. The van der Waals surface area contributed by atoms with Crippen LogP contribution in [0.15, 0.2) is 17.1 Å². The van der Waals surface area contributed by atoms with Gasteiger partial charge in [-0.1, -0.05) is 0 Å². The third-order valence-corrected chi connectivity index (χ3v) is 4.01. The molecule has 1 aromatic heterocycles. The van der Waals surface area contributed by atoms with Crippen molar-refractivity contribution in [1.82, 2.24) is 9.55 Å². The van der Waals surface area contributed by atoms with E-state index in [1.807, 2.05) is 0 Å². The molecule has 2 rings (SSSR count). The van der Waals surface area contributed by atoms with E-state index in [0.29, 0.717) is 0 Å². The summed E-state index contributed by atoms with van der Waals surface area (Å²) in [5, 5.41) is 7.49. The minimum atomic E-state index is -4.82. The fraction of sp³-hybridized carbons (Fsp3) is 0.444. The lowest BCUT2D eigenvalue weighted by atomic mass is 10.3. The van der Waals surface area contributed by atoms with Crippen molar-refractivity contribution in [2.24, 2.45) is 0 Å². The van der Waals surface area contributed by atoms with Crippen LogP contribution in [0.3, 0.4) is 0 Å². The topological polar surface area (TPSA) is 211 Å². The van der Waals surface area contributed by atoms with E-state index in [1.54, 1.807) is 0 Å². The van der Waals surface area contributed by atoms with Crippen LogP contribution in [0.25, 0.3) is 0 Å². The second-order valence-electron chi connectivity index (χ2n) is 4.46. The van der Waals surface area contributed by atoms with Gasteiger partial charge < -0.3 is 34.8 Å². The molecule has 0 bridgehead atoms. The van der Waals surface area contributed by atoms with Crippen molar-refractivity contribution in [1.29, 1.82) is 0 Å². The lowest BCUT2D eigenvalue weighted by Gasteiger charge is -2.26. The van der Waals surface area contributed by atoms with Gasteiger partial charge in [-0.2, -0.15) is 4.98 Å². The van der Waals surface area contributed by atoms with Gasteiger partial charge in [0.1, 0.15) is 18.3 Å². The molecule has 0 spiro atoms. The van der Waals surface area contributed by atoms with Gasteiger partial charge in [-0.15, -0.1) is 0 Å². The smallest absolute Gasteiger partial charge is 0.433 e. The molecule has 2 atom stereocenters. The number of rotatable bonds is 3. The van der Waals surface area contributed by atoms with Gasteiger partial charge in [0.2, 0.25) is 0 Å². The number of nitrogens with zero attached hydrogens (tertiary/aromatic N) is 2. The van der Waals surface area contributed by atoms with E-state index in [9.17, 15) is 18.7 Å². The van der Waals surface area contributed by atoms with E-state index in [1.165, 1.54) is 16.8 Å². The second kappa shape index (κ2) is 7.99. The van der Waals surface area contributed by atoms with Crippen LogP contribution in [-0.4, -0.2) is 54.1 Å². The van der Waals surface area contributed by atoms with Crippen molar-refractivity contribution in [3.63, 3.8) is 0 Å². The van der Waals surface area contributed by atoms with Crippen LogP contribution in [0.4, 0.5) is 10.6 Å². The minimum Gasteiger partial charge on any atom is -0.472 e. The van der Waals surface area contributed by atoms with Gasteiger partial charge >= 0.3 is 26.6 Å². The zero-order valence-electron chi connectivity index (χ0n) is 12.0. The average Bonchev–Trinajstić information content (AvgIpc) is 2.43. The van der Waals surface area contributed by atoms with Crippen LogP contribution < -0.4 is 11.4 Å². The summed E-state index contributed by atoms with van der Waals surface area (Å²) in [5.74, 6) is 0.145. The highest BCUT2D eigenvalue weighted by molar-refractivity contribution is 7.69. The van der Waals surface area contributed by atoms with Crippen LogP contribution >= 0.6 is 15.2 Å². The lowest BCUT2D eigenvalue weighted by molar-refractivity contribution is -0.00859. The third kappa shape index (κ3) is 6.89. The number of aromatic nitrogens is 2. The van der Waals surface area contributed by atoms with Crippen molar-refractivity contribution in [3.05, 3.63) is 22.7 Å². The van der Waals surface area contributed by atoms with E-state index in [-0.39, 0.29) is 25.3 Å². The van der Waals surface area contributed by atoms with Crippen molar-refractivity contribution in [3.8, 4) is 0 Å². The first-order valence-corrected chi connectivity index (χ1v) is 9.48. The molecule has 6 N–H and O–H groups in total. The van der Waals surface area contributed by atoms with Gasteiger partial charge in [-0.05, 0) is 6.07 Å². The molecule has 15 heteroatoms. The van der Waals surface area contributed by atoms with Gasteiger partial charge in [0, 0.05) is 6.20 Å². The largest absolute Gasteiger partial charge is 0.472 e. The molecule has 1 unspecified atom stereocenters. The summed E-state index contributed by atoms with van der Waals surface area (Å²) in [6, 6.07) is 1.49. The Bertz CT molecular complexity index is 731. The number of nitrogens with two attached hydrogens (primary N) is 1. The first-order valence-electron chi connectivity index (χ1n) is 6.10. The molecule has 0 radical (unpaired) electrons. The highest BCUT2D eigenvalue weighted by Gasteiger charge is 2.29. The summed E-state index contributed by atoms with van der Waals surface area (Å²) in [4.78, 5) is 48.5. The van der Waals surface area contributed by atoms with Crippen LogP contribution in [0.1, 0.15) is 0 Å². The maximum atomic E-state index is 11.4. The molecule has 0 aromatic carbocycles. The van der Waals surface area contributed by atoms with Crippen molar-refractivity contribution >= 4 is 26.7 Å². The van der Waals surface area contributed by atoms with Crippen LogP contribution in [0.2, 0.25) is 0 Å². The summed E-state index contributed by atoms with van der Waals surface area (Å²) >= 11 is 0. The van der Waals surface area contributed by atoms with Crippen molar-refractivity contribution in [2.75, 3.05) is 18.7 Å². The number of hydrogen-bond donors (Lipinski definition) is 5. The van der Waals surface area contributed by atoms with Gasteiger partial charge in [-0.3, -0.25) is 9.13 Å². The fourth-order valence-electron chi connectivity index (χ4n) is 1.39. The Labute approximate surface area is 134 Å². The first kappa shape index (κ1) is 20.5. The Morgan fingerprint density at radius 1 is 1.54 bits per heavy atom. The molecule has 13 nitrogen and oxygen atoms in total. The maximum Gasteiger partial charge on any atom is 0.433 e. The lowest BCUT2D eigenvalue weighted by Crippen LogP contribution is -2.34. The van der Waals surface area contributed by atoms with Crippen molar-refractivity contribution in [2.45, 2.75) is 12.6 Å². The summed E-state index contributed by atoms with van der Waals surface area (Å²) in [5.41, 5.74) is 2.76. The fourth-order valence-corrected chi connectivity index (χ4v) is 2.26. The maximum absolute atomic E-state index is 11.4. The van der Waals surface area contributed by atoms with E-state index in [4.69, 9.17) is 34.8 Å². The summed E-state index contributed by atoms with van der Waals surface area (Å²) in [7, 11) is -8.41. The average molecular weight is 387 g/mol.